The van der Waals surface area contributed by atoms with Crippen molar-refractivity contribution >= 4 is 11.0 Å². The number of rotatable bonds is 7. The van der Waals surface area contributed by atoms with Crippen molar-refractivity contribution in [3.8, 4) is 11.9 Å². The lowest BCUT2D eigenvalue weighted by Gasteiger charge is -2.38. The third kappa shape index (κ3) is 4.00. The second-order valence-electron chi connectivity index (χ2n) is 7.69. The Morgan fingerprint density at radius 3 is 2.57 bits per heavy atom. The van der Waals surface area contributed by atoms with Crippen LogP contribution in [0.5, 0.6) is 11.9 Å². The molecule has 160 valence electrons. The van der Waals surface area contributed by atoms with Crippen molar-refractivity contribution in [2.45, 2.75) is 45.8 Å². The van der Waals surface area contributed by atoms with E-state index in [4.69, 9.17) is 13.9 Å². The zero-order valence-electron chi connectivity index (χ0n) is 17.9. The first-order valence-corrected chi connectivity index (χ1v) is 10.6. The highest BCUT2D eigenvalue weighted by molar-refractivity contribution is 5.81. The summed E-state index contributed by atoms with van der Waals surface area (Å²) < 4.78 is 17.1. The standard InChI is InChI=1S/C23H29N3O4/c1-4-28-21-18(14-24-22(25-21)29-5-2)23(27)10-12-26(13-11-23)15-20-16(3)17-8-6-7-9-19(17)30-20/h6-9,14,27H,4-5,10-13,15H2,1-3H3. The van der Waals surface area contributed by atoms with E-state index in [0.717, 1.165) is 36.4 Å². The number of hydrogen-bond acceptors (Lipinski definition) is 7. The number of hydrogen-bond donors (Lipinski definition) is 1. The second kappa shape index (κ2) is 8.62. The Hall–Kier alpha value is -2.64. The molecule has 0 atom stereocenters. The molecule has 0 spiro atoms. The summed E-state index contributed by atoms with van der Waals surface area (Å²) >= 11 is 0. The van der Waals surface area contributed by atoms with Crippen LogP contribution in [0.3, 0.4) is 0 Å². The van der Waals surface area contributed by atoms with Gasteiger partial charge in [-0.3, -0.25) is 4.90 Å². The van der Waals surface area contributed by atoms with Gasteiger partial charge in [0.15, 0.2) is 0 Å². The maximum atomic E-state index is 11.4. The lowest BCUT2D eigenvalue weighted by atomic mass is 9.85. The van der Waals surface area contributed by atoms with Crippen molar-refractivity contribution in [1.82, 2.24) is 14.9 Å². The van der Waals surface area contributed by atoms with Gasteiger partial charge in [-0.15, -0.1) is 0 Å². The third-order valence-corrected chi connectivity index (χ3v) is 5.78. The van der Waals surface area contributed by atoms with Gasteiger partial charge in [-0.2, -0.15) is 4.98 Å². The molecule has 1 N–H and O–H groups in total. The Kier molecular flexibility index (Phi) is 5.92. The van der Waals surface area contributed by atoms with Crippen LogP contribution in [0.4, 0.5) is 0 Å². The molecule has 7 heteroatoms. The minimum absolute atomic E-state index is 0.270. The maximum Gasteiger partial charge on any atom is 0.319 e. The van der Waals surface area contributed by atoms with Gasteiger partial charge in [0.25, 0.3) is 0 Å². The molecule has 4 rings (SSSR count). The molecule has 1 saturated heterocycles. The van der Waals surface area contributed by atoms with Gasteiger partial charge in [-0.05, 0) is 45.2 Å². The van der Waals surface area contributed by atoms with E-state index in [1.54, 1.807) is 6.20 Å². The van der Waals surface area contributed by atoms with Crippen molar-refractivity contribution in [3.05, 3.63) is 47.3 Å². The molecule has 30 heavy (non-hydrogen) atoms. The van der Waals surface area contributed by atoms with Gasteiger partial charge < -0.3 is 19.0 Å². The maximum absolute atomic E-state index is 11.4. The average Bonchev–Trinajstić information content (AvgIpc) is 3.06. The Balaban J connectivity index is 1.48. The van der Waals surface area contributed by atoms with Gasteiger partial charge in [0, 0.05) is 24.7 Å². The summed E-state index contributed by atoms with van der Waals surface area (Å²) in [5.74, 6) is 1.39. The molecule has 1 aliphatic heterocycles. The fraction of sp³-hybridized carbons (Fsp3) is 0.478. The fourth-order valence-electron chi connectivity index (χ4n) is 4.04. The van der Waals surface area contributed by atoms with Crippen molar-refractivity contribution in [3.63, 3.8) is 0 Å². The molecule has 0 aliphatic carbocycles. The average molecular weight is 412 g/mol. The quantitative estimate of drug-likeness (QED) is 0.633. The SMILES string of the molecule is CCOc1ncc(C2(O)CCN(Cc3oc4ccccc4c3C)CC2)c(OCC)n1. The number of piperidine rings is 1. The second-order valence-corrected chi connectivity index (χ2v) is 7.69. The first kappa shape index (κ1) is 20.6. The Morgan fingerprint density at radius 2 is 1.87 bits per heavy atom. The van der Waals surface area contributed by atoms with Crippen molar-refractivity contribution < 1.29 is 19.0 Å². The largest absolute Gasteiger partial charge is 0.478 e. The van der Waals surface area contributed by atoms with E-state index in [2.05, 4.69) is 27.9 Å². The number of benzene rings is 1. The first-order valence-electron chi connectivity index (χ1n) is 10.6. The molecule has 0 radical (unpaired) electrons. The highest BCUT2D eigenvalue weighted by atomic mass is 16.5. The van der Waals surface area contributed by atoms with Crippen LogP contribution in [0.2, 0.25) is 0 Å². The van der Waals surface area contributed by atoms with Crippen LogP contribution in [0.1, 0.15) is 43.6 Å². The summed E-state index contributed by atoms with van der Waals surface area (Å²) in [6.07, 6.45) is 2.79. The number of furan rings is 1. The fourth-order valence-corrected chi connectivity index (χ4v) is 4.04. The summed E-state index contributed by atoms with van der Waals surface area (Å²) in [4.78, 5) is 10.9. The predicted octanol–water partition coefficient (Wildman–Crippen LogP) is 3.81. The number of aromatic nitrogens is 2. The number of ether oxygens (including phenoxy) is 2. The number of aliphatic hydroxyl groups is 1. The summed E-state index contributed by atoms with van der Waals surface area (Å²) in [7, 11) is 0. The summed E-state index contributed by atoms with van der Waals surface area (Å²) in [6.45, 7) is 9.03. The smallest absolute Gasteiger partial charge is 0.319 e. The topological polar surface area (TPSA) is 80.9 Å². The zero-order chi connectivity index (χ0) is 21.1. The molecule has 1 aromatic carbocycles. The van der Waals surface area contributed by atoms with Gasteiger partial charge >= 0.3 is 6.01 Å². The van der Waals surface area contributed by atoms with Gasteiger partial charge in [0.1, 0.15) is 11.3 Å². The lowest BCUT2D eigenvalue weighted by molar-refractivity contribution is -0.0314. The molecule has 7 nitrogen and oxygen atoms in total. The summed E-state index contributed by atoms with van der Waals surface area (Å²) in [5, 5.41) is 12.5. The van der Waals surface area contributed by atoms with Crippen LogP contribution in [0.15, 0.2) is 34.9 Å². The molecule has 2 aromatic heterocycles. The predicted molar refractivity (Wildman–Crippen MR) is 114 cm³/mol. The summed E-state index contributed by atoms with van der Waals surface area (Å²) in [5.41, 5.74) is 1.72. The molecule has 0 saturated carbocycles. The number of aryl methyl sites for hydroxylation is 1. The highest BCUT2D eigenvalue weighted by Gasteiger charge is 2.38. The van der Waals surface area contributed by atoms with E-state index in [-0.39, 0.29) is 6.01 Å². The molecule has 1 fully saturated rings. The summed E-state index contributed by atoms with van der Waals surface area (Å²) in [6, 6.07) is 8.39. The van der Waals surface area contributed by atoms with Crippen LogP contribution in [0, 0.1) is 6.92 Å². The van der Waals surface area contributed by atoms with Crippen LogP contribution in [-0.4, -0.2) is 46.3 Å². The minimum Gasteiger partial charge on any atom is -0.478 e. The van der Waals surface area contributed by atoms with Crippen molar-refractivity contribution in [2.24, 2.45) is 0 Å². The van der Waals surface area contributed by atoms with Crippen LogP contribution in [-0.2, 0) is 12.1 Å². The Labute approximate surface area is 176 Å². The monoisotopic (exact) mass is 411 g/mol. The number of fused-ring (bicyclic) bond motifs is 1. The van der Waals surface area contributed by atoms with Gasteiger partial charge in [0.2, 0.25) is 5.88 Å². The molecule has 1 aliphatic rings. The number of likely N-dealkylation sites (tertiary alicyclic amines) is 1. The molecular weight excluding hydrogens is 382 g/mol. The lowest BCUT2D eigenvalue weighted by Crippen LogP contribution is -2.42. The Bertz CT molecular complexity index is 1010. The van der Waals surface area contributed by atoms with Crippen LogP contribution < -0.4 is 9.47 Å². The van der Waals surface area contributed by atoms with Crippen LogP contribution >= 0.6 is 0 Å². The normalized spacial score (nSPS) is 16.7. The van der Waals surface area contributed by atoms with E-state index in [1.807, 2.05) is 32.0 Å². The first-order chi connectivity index (χ1) is 14.5. The highest BCUT2D eigenvalue weighted by Crippen LogP contribution is 2.38. The zero-order valence-corrected chi connectivity index (χ0v) is 17.9. The van der Waals surface area contributed by atoms with Crippen LogP contribution in [0.25, 0.3) is 11.0 Å². The van der Waals surface area contributed by atoms with E-state index < -0.39 is 5.60 Å². The van der Waals surface area contributed by atoms with Gasteiger partial charge in [-0.25, -0.2) is 4.98 Å². The molecule has 0 bridgehead atoms. The van der Waals surface area contributed by atoms with Gasteiger partial charge in [0.05, 0.1) is 30.9 Å². The molecular formula is C23H29N3O4. The van der Waals surface area contributed by atoms with Crippen molar-refractivity contribution in [1.29, 1.82) is 0 Å². The molecule has 3 aromatic rings. The van der Waals surface area contributed by atoms with Crippen molar-refractivity contribution in [2.75, 3.05) is 26.3 Å². The van der Waals surface area contributed by atoms with E-state index in [9.17, 15) is 5.11 Å². The van der Waals surface area contributed by atoms with Gasteiger partial charge in [-0.1, -0.05) is 18.2 Å². The molecule has 3 heterocycles. The Morgan fingerprint density at radius 1 is 1.13 bits per heavy atom. The number of para-hydroxylation sites is 1. The minimum atomic E-state index is -1.02. The number of nitrogens with zero attached hydrogens (tertiary/aromatic N) is 3. The van der Waals surface area contributed by atoms with E-state index >= 15 is 0 Å². The van der Waals surface area contributed by atoms with E-state index in [0.29, 0.717) is 37.5 Å². The van der Waals surface area contributed by atoms with E-state index in [1.165, 1.54) is 5.56 Å². The molecule has 0 amide bonds. The molecule has 0 unspecified atom stereocenters. The third-order valence-electron chi connectivity index (χ3n) is 5.78.